The third-order valence-corrected chi connectivity index (χ3v) is 4.80. The summed E-state index contributed by atoms with van der Waals surface area (Å²) in [6, 6.07) is 16.6. The first-order chi connectivity index (χ1) is 12.8. The Morgan fingerprint density at radius 2 is 1.11 bits per heavy atom. The molecule has 0 bridgehead atoms. The molecule has 0 spiro atoms. The standard InChI is InChI=1S/C23H20O4/c1-13-8-4-6-10-16(13)18-12-15(3)19(17-11-7-5-9-14(17)2)21(23(26)27)20(18)22(24)25/h4-12H,1-3H3,(H,24,25)(H,26,27). The summed E-state index contributed by atoms with van der Waals surface area (Å²) in [7, 11) is 0. The van der Waals surface area contributed by atoms with Gasteiger partial charge in [-0.15, -0.1) is 0 Å². The quantitative estimate of drug-likeness (QED) is 0.658. The second-order valence-electron chi connectivity index (χ2n) is 6.61. The van der Waals surface area contributed by atoms with Crippen LogP contribution in [-0.4, -0.2) is 22.2 Å². The SMILES string of the molecule is Cc1ccccc1-c1cc(C)c(-c2ccccc2C)c(C(=O)O)c1C(=O)O. The Hall–Kier alpha value is -3.40. The zero-order valence-corrected chi connectivity index (χ0v) is 15.4. The second kappa shape index (κ2) is 7.08. The number of rotatable bonds is 4. The summed E-state index contributed by atoms with van der Waals surface area (Å²) in [4.78, 5) is 24.3. The number of carboxylic acid groups (broad SMARTS) is 2. The summed E-state index contributed by atoms with van der Waals surface area (Å²) < 4.78 is 0. The van der Waals surface area contributed by atoms with Crippen LogP contribution in [0.3, 0.4) is 0 Å². The van der Waals surface area contributed by atoms with Crippen LogP contribution >= 0.6 is 0 Å². The van der Waals surface area contributed by atoms with Gasteiger partial charge in [0.1, 0.15) is 0 Å². The fourth-order valence-electron chi connectivity index (χ4n) is 3.54. The van der Waals surface area contributed by atoms with Gasteiger partial charge in [0.05, 0.1) is 11.1 Å². The highest BCUT2D eigenvalue weighted by Crippen LogP contribution is 2.38. The minimum absolute atomic E-state index is 0.171. The maximum absolute atomic E-state index is 12.2. The first-order valence-electron chi connectivity index (χ1n) is 8.59. The van der Waals surface area contributed by atoms with Gasteiger partial charge in [0, 0.05) is 5.56 Å². The van der Waals surface area contributed by atoms with Crippen molar-refractivity contribution >= 4 is 11.9 Å². The van der Waals surface area contributed by atoms with E-state index in [0.29, 0.717) is 11.1 Å². The van der Waals surface area contributed by atoms with Crippen molar-refractivity contribution in [2.45, 2.75) is 20.8 Å². The molecular formula is C23H20O4. The van der Waals surface area contributed by atoms with E-state index in [9.17, 15) is 19.8 Å². The number of carboxylic acids is 2. The molecule has 0 fully saturated rings. The Bertz CT molecular complexity index is 1060. The van der Waals surface area contributed by atoms with Crippen molar-refractivity contribution in [2.24, 2.45) is 0 Å². The molecule has 3 aromatic rings. The largest absolute Gasteiger partial charge is 0.478 e. The molecule has 0 amide bonds. The molecule has 2 N–H and O–H groups in total. The molecule has 4 heteroatoms. The highest BCUT2D eigenvalue weighted by Gasteiger charge is 2.28. The van der Waals surface area contributed by atoms with E-state index in [1.54, 1.807) is 6.07 Å². The van der Waals surface area contributed by atoms with Gasteiger partial charge in [-0.25, -0.2) is 9.59 Å². The van der Waals surface area contributed by atoms with E-state index in [1.165, 1.54) is 0 Å². The summed E-state index contributed by atoms with van der Waals surface area (Å²) in [5.74, 6) is -2.50. The Kier molecular flexibility index (Phi) is 4.82. The van der Waals surface area contributed by atoms with Gasteiger partial charge in [-0.2, -0.15) is 0 Å². The average molecular weight is 360 g/mol. The fraction of sp³-hybridized carbons (Fsp3) is 0.130. The van der Waals surface area contributed by atoms with Crippen LogP contribution < -0.4 is 0 Å². The molecule has 136 valence electrons. The Morgan fingerprint density at radius 3 is 1.59 bits per heavy atom. The Morgan fingerprint density at radius 1 is 0.630 bits per heavy atom. The number of aromatic carboxylic acids is 2. The zero-order chi connectivity index (χ0) is 19.7. The van der Waals surface area contributed by atoms with Crippen molar-refractivity contribution in [1.29, 1.82) is 0 Å². The number of aryl methyl sites for hydroxylation is 3. The lowest BCUT2D eigenvalue weighted by atomic mass is 9.84. The fourth-order valence-corrected chi connectivity index (χ4v) is 3.54. The number of benzene rings is 3. The maximum atomic E-state index is 12.2. The second-order valence-corrected chi connectivity index (χ2v) is 6.61. The molecule has 3 aromatic carbocycles. The minimum Gasteiger partial charge on any atom is -0.478 e. The lowest BCUT2D eigenvalue weighted by Crippen LogP contribution is -2.13. The lowest BCUT2D eigenvalue weighted by Gasteiger charge is -2.19. The Balaban J connectivity index is 2.48. The number of hydrogen-bond acceptors (Lipinski definition) is 2. The molecular weight excluding hydrogens is 340 g/mol. The van der Waals surface area contributed by atoms with Crippen molar-refractivity contribution in [3.8, 4) is 22.3 Å². The summed E-state index contributed by atoms with van der Waals surface area (Å²) in [5.41, 5.74) is 4.48. The topological polar surface area (TPSA) is 74.6 Å². The molecule has 0 heterocycles. The monoisotopic (exact) mass is 360 g/mol. The van der Waals surface area contributed by atoms with Crippen LogP contribution in [0.4, 0.5) is 0 Å². The summed E-state index contributed by atoms with van der Waals surface area (Å²) in [5, 5.41) is 19.9. The molecule has 0 unspecified atom stereocenters. The van der Waals surface area contributed by atoms with Crippen LogP contribution in [0, 0.1) is 20.8 Å². The van der Waals surface area contributed by atoms with E-state index in [2.05, 4.69) is 0 Å². The lowest BCUT2D eigenvalue weighted by molar-refractivity contribution is 0.0652. The molecule has 27 heavy (non-hydrogen) atoms. The van der Waals surface area contributed by atoms with Crippen LogP contribution in [0.2, 0.25) is 0 Å². The van der Waals surface area contributed by atoms with Crippen molar-refractivity contribution in [1.82, 2.24) is 0 Å². The van der Waals surface area contributed by atoms with Crippen LogP contribution in [0.15, 0.2) is 54.6 Å². The summed E-state index contributed by atoms with van der Waals surface area (Å²) in [6.45, 7) is 5.59. The van der Waals surface area contributed by atoms with E-state index in [4.69, 9.17) is 0 Å². The van der Waals surface area contributed by atoms with Crippen molar-refractivity contribution in [3.63, 3.8) is 0 Å². The molecule has 0 atom stereocenters. The third kappa shape index (κ3) is 3.22. The van der Waals surface area contributed by atoms with Gasteiger partial charge in [-0.1, -0.05) is 48.5 Å². The highest BCUT2D eigenvalue weighted by molar-refractivity contribution is 6.11. The summed E-state index contributed by atoms with van der Waals surface area (Å²) >= 11 is 0. The van der Waals surface area contributed by atoms with Crippen LogP contribution in [0.25, 0.3) is 22.3 Å². The van der Waals surface area contributed by atoms with Crippen LogP contribution in [0.1, 0.15) is 37.4 Å². The minimum atomic E-state index is -1.25. The van der Waals surface area contributed by atoms with Crippen LogP contribution in [0.5, 0.6) is 0 Å². The molecule has 0 saturated carbocycles. The van der Waals surface area contributed by atoms with Gasteiger partial charge >= 0.3 is 11.9 Å². The van der Waals surface area contributed by atoms with Gasteiger partial charge in [0.25, 0.3) is 0 Å². The van der Waals surface area contributed by atoms with E-state index < -0.39 is 11.9 Å². The third-order valence-electron chi connectivity index (χ3n) is 4.80. The van der Waals surface area contributed by atoms with Gasteiger partial charge in [-0.05, 0) is 60.2 Å². The first-order valence-corrected chi connectivity index (χ1v) is 8.59. The highest BCUT2D eigenvalue weighted by atomic mass is 16.4. The van der Waals surface area contributed by atoms with Crippen molar-refractivity contribution < 1.29 is 19.8 Å². The molecule has 4 nitrogen and oxygen atoms in total. The van der Waals surface area contributed by atoms with E-state index >= 15 is 0 Å². The number of hydrogen-bond donors (Lipinski definition) is 2. The average Bonchev–Trinajstić information content (AvgIpc) is 2.61. The molecule has 0 radical (unpaired) electrons. The zero-order valence-electron chi connectivity index (χ0n) is 15.4. The molecule has 0 aliphatic carbocycles. The van der Waals surface area contributed by atoms with Crippen molar-refractivity contribution in [3.05, 3.63) is 82.4 Å². The van der Waals surface area contributed by atoms with Gasteiger partial charge in [0.15, 0.2) is 0 Å². The van der Waals surface area contributed by atoms with E-state index in [-0.39, 0.29) is 11.1 Å². The smallest absolute Gasteiger partial charge is 0.337 e. The molecule has 3 rings (SSSR count). The first kappa shape index (κ1) is 18.4. The molecule has 0 aliphatic rings. The maximum Gasteiger partial charge on any atom is 0.337 e. The van der Waals surface area contributed by atoms with E-state index in [1.807, 2.05) is 69.3 Å². The predicted molar refractivity (Wildman–Crippen MR) is 105 cm³/mol. The van der Waals surface area contributed by atoms with Gasteiger partial charge in [0.2, 0.25) is 0 Å². The normalized spacial score (nSPS) is 10.6. The summed E-state index contributed by atoms with van der Waals surface area (Å²) in [6.07, 6.45) is 0. The molecule has 0 aromatic heterocycles. The van der Waals surface area contributed by atoms with Crippen LogP contribution in [-0.2, 0) is 0 Å². The van der Waals surface area contributed by atoms with Crippen molar-refractivity contribution in [2.75, 3.05) is 0 Å². The number of carbonyl (C=O) groups is 2. The van der Waals surface area contributed by atoms with E-state index in [0.717, 1.165) is 27.8 Å². The van der Waals surface area contributed by atoms with Gasteiger partial charge in [-0.3, -0.25) is 0 Å². The molecule has 0 saturated heterocycles. The predicted octanol–water partition coefficient (Wildman–Crippen LogP) is 5.34. The van der Waals surface area contributed by atoms with Gasteiger partial charge < -0.3 is 10.2 Å². The molecule has 0 aliphatic heterocycles. The Labute approximate surface area is 157 Å².